The van der Waals surface area contributed by atoms with Crippen molar-refractivity contribution in [1.82, 2.24) is 9.55 Å². The van der Waals surface area contributed by atoms with Crippen LogP contribution in [0.4, 0.5) is 4.39 Å². The Morgan fingerprint density at radius 3 is 2.75 bits per heavy atom. The van der Waals surface area contributed by atoms with E-state index in [4.69, 9.17) is 0 Å². The second kappa shape index (κ2) is 4.83. The molecule has 0 N–H and O–H groups in total. The van der Waals surface area contributed by atoms with Crippen molar-refractivity contribution < 1.29 is 4.39 Å². The number of halogens is 2. The van der Waals surface area contributed by atoms with Crippen molar-refractivity contribution in [2.24, 2.45) is 0 Å². The van der Waals surface area contributed by atoms with E-state index in [0.717, 1.165) is 15.7 Å². The Morgan fingerprint density at radius 2 is 1.95 bits per heavy atom. The van der Waals surface area contributed by atoms with Gasteiger partial charge in [0, 0.05) is 4.47 Å². The SMILES string of the molecule is Cc1c(Br)cccc1-n1cnc2c(F)cccc2c1=O. The van der Waals surface area contributed by atoms with Crippen LogP contribution in [-0.2, 0) is 0 Å². The van der Waals surface area contributed by atoms with E-state index in [-0.39, 0.29) is 16.5 Å². The van der Waals surface area contributed by atoms with Gasteiger partial charge < -0.3 is 0 Å². The van der Waals surface area contributed by atoms with Gasteiger partial charge in [0.1, 0.15) is 17.7 Å². The summed E-state index contributed by atoms with van der Waals surface area (Å²) in [7, 11) is 0. The van der Waals surface area contributed by atoms with Gasteiger partial charge in [-0.15, -0.1) is 0 Å². The number of benzene rings is 2. The first-order valence-corrected chi connectivity index (χ1v) is 6.80. The lowest BCUT2D eigenvalue weighted by molar-refractivity contribution is 0.636. The van der Waals surface area contributed by atoms with Gasteiger partial charge in [-0.05, 0) is 36.8 Å². The lowest BCUT2D eigenvalue weighted by atomic mass is 10.2. The van der Waals surface area contributed by atoms with E-state index in [2.05, 4.69) is 20.9 Å². The number of para-hydroxylation sites is 1. The first-order chi connectivity index (χ1) is 9.59. The van der Waals surface area contributed by atoms with Gasteiger partial charge in [-0.2, -0.15) is 0 Å². The van der Waals surface area contributed by atoms with Crippen LogP contribution in [0.15, 0.2) is 52.0 Å². The summed E-state index contributed by atoms with van der Waals surface area (Å²) in [6, 6.07) is 9.96. The van der Waals surface area contributed by atoms with Crippen molar-refractivity contribution in [2.45, 2.75) is 6.92 Å². The molecule has 0 fully saturated rings. The predicted molar refractivity (Wildman–Crippen MR) is 79.7 cm³/mol. The maximum absolute atomic E-state index is 13.6. The quantitative estimate of drug-likeness (QED) is 0.682. The molecule has 0 aliphatic carbocycles. The van der Waals surface area contributed by atoms with Gasteiger partial charge in [0.2, 0.25) is 0 Å². The number of hydrogen-bond donors (Lipinski definition) is 0. The highest BCUT2D eigenvalue weighted by atomic mass is 79.9. The van der Waals surface area contributed by atoms with E-state index in [9.17, 15) is 9.18 Å². The Labute approximate surface area is 122 Å². The van der Waals surface area contributed by atoms with E-state index in [1.54, 1.807) is 6.07 Å². The Hall–Kier alpha value is -2.01. The van der Waals surface area contributed by atoms with Gasteiger partial charge in [-0.3, -0.25) is 9.36 Å². The fourth-order valence-corrected chi connectivity index (χ4v) is 2.50. The van der Waals surface area contributed by atoms with Crippen molar-refractivity contribution in [3.8, 4) is 5.69 Å². The van der Waals surface area contributed by atoms with Crippen LogP contribution in [0.3, 0.4) is 0 Å². The van der Waals surface area contributed by atoms with Crippen LogP contribution in [0, 0.1) is 12.7 Å². The first-order valence-electron chi connectivity index (χ1n) is 6.01. The number of nitrogens with zero attached hydrogens (tertiary/aromatic N) is 2. The fourth-order valence-electron chi connectivity index (χ4n) is 2.15. The highest BCUT2D eigenvalue weighted by Gasteiger charge is 2.11. The molecule has 0 saturated carbocycles. The molecule has 1 aromatic heterocycles. The Kier molecular flexibility index (Phi) is 3.14. The first kappa shape index (κ1) is 13.0. The molecular weight excluding hydrogens is 323 g/mol. The molecule has 3 rings (SSSR count). The summed E-state index contributed by atoms with van der Waals surface area (Å²) in [6.07, 6.45) is 1.36. The average molecular weight is 333 g/mol. The van der Waals surface area contributed by atoms with E-state index >= 15 is 0 Å². The highest BCUT2D eigenvalue weighted by Crippen LogP contribution is 2.22. The molecule has 0 aliphatic heterocycles. The number of aromatic nitrogens is 2. The molecule has 0 radical (unpaired) electrons. The second-order valence-corrected chi connectivity index (χ2v) is 5.29. The summed E-state index contributed by atoms with van der Waals surface area (Å²) in [5.41, 5.74) is 1.47. The van der Waals surface area contributed by atoms with Crippen LogP contribution in [-0.4, -0.2) is 9.55 Å². The van der Waals surface area contributed by atoms with Crippen LogP contribution in [0.1, 0.15) is 5.56 Å². The molecule has 5 heteroatoms. The molecule has 100 valence electrons. The summed E-state index contributed by atoms with van der Waals surface area (Å²) in [6.45, 7) is 1.90. The minimum Gasteiger partial charge on any atom is -0.268 e. The minimum atomic E-state index is -0.488. The largest absolute Gasteiger partial charge is 0.268 e. The summed E-state index contributed by atoms with van der Waals surface area (Å²) < 4.78 is 16.0. The van der Waals surface area contributed by atoms with Gasteiger partial charge in [0.05, 0.1) is 11.1 Å². The maximum Gasteiger partial charge on any atom is 0.265 e. The average Bonchev–Trinajstić information content (AvgIpc) is 2.44. The molecule has 0 spiro atoms. The molecule has 0 aliphatic rings. The molecule has 2 aromatic carbocycles. The van der Waals surface area contributed by atoms with E-state index in [1.807, 2.05) is 25.1 Å². The molecule has 0 bridgehead atoms. The lowest BCUT2D eigenvalue weighted by Crippen LogP contribution is -2.20. The molecular formula is C15H10BrFN2O. The molecule has 3 nitrogen and oxygen atoms in total. The molecule has 0 atom stereocenters. The lowest BCUT2D eigenvalue weighted by Gasteiger charge is -2.10. The summed E-state index contributed by atoms with van der Waals surface area (Å²) in [5.74, 6) is -0.488. The molecule has 0 saturated heterocycles. The van der Waals surface area contributed by atoms with Crippen molar-refractivity contribution >= 4 is 26.8 Å². The molecule has 1 heterocycles. The normalized spacial score (nSPS) is 10.9. The van der Waals surface area contributed by atoms with Crippen LogP contribution >= 0.6 is 15.9 Å². The zero-order valence-electron chi connectivity index (χ0n) is 10.6. The summed E-state index contributed by atoms with van der Waals surface area (Å²) in [4.78, 5) is 16.5. The van der Waals surface area contributed by atoms with Crippen LogP contribution in [0.2, 0.25) is 0 Å². The minimum absolute atomic E-state index is 0.0985. The molecule has 20 heavy (non-hydrogen) atoms. The standard InChI is InChI=1S/C15H10BrFN2O/c1-9-11(16)5-3-7-13(9)19-8-18-14-10(15(19)20)4-2-6-12(14)17/h2-8H,1H3. The van der Waals surface area contributed by atoms with Crippen LogP contribution in [0.25, 0.3) is 16.6 Å². The van der Waals surface area contributed by atoms with Crippen LogP contribution in [0.5, 0.6) is 0 Å². The number of rotatable bonds is 1. The van der Waals surface area contributed by atoms with E-state index in [1.165, 1.54) is 23.0 Å². The summed E-state index contributed by atoms with van der Waals surface area (Å²) >= 11 is 3.43. The Balaban J connectivity index is 2.36. The van der Waals surface area contributed by atoms with Gasteiger partial charge >= 0.3 is 0 Å². The predicted octanol–water partition coefficient (Wildman–Crippen LogP) is 3.60. The van der Waals surface area contributed by atoms with Gasteiger partial charge in [-0.1, -0.05) is 28.1 Å². The van der Waals surface area contributed by atoms with Gasteiger partial charge in [0.25, 0.3) is 5.56 Å². The third-order valence-electron chi connectivity index (χ3n) is 3.24. The number of fused-ring (bicyclic) bond motifs is 1. The topological polar surface area (TPSA) is 34.9 Å². The van der Waals surface area contributed by atoms with Gasteiger partial charge in [-0.25, -0.2) is 9.37 Å². The summed E-state index contributed by atoms with van der Waals surface area (Å²) in [5, 5.41) is 0.270. The Bertz CT molecular complexity index is 873. The smallest absolute Gasteiger partial charge is 0.265 e. The molecule has 0 unspecified atom stereocenters. The van der Waals surface area contributed by atoms with E-state index < -0.39 is 5.82 Å². The van der Waals surface area contributed by atoms with Crippen LogP contribution < -0.4 is 5.56 Å². The van der Waals surface area contributed by atoms with Crippen molar-refractivity contribution in [2.75, 3.05) is 0 Å². The third-order valence-corrected chi connectivity index (χ3v) is 4.10. The number of hydrogen-bond acceptors (Lipinski definition) is 2. The van der Waals surface area contributed by atoms with Crippen molar-refractivity contribution in [1.29, 1.82) is 0 Å². The van der Waals surface area contributed by atoms with Crippen molar-refractivity contribution in [3.05, 3.63) is 68.9 Å². The Morgan fingerprint density at radius 1 is 1.20 bits per heavy atom. The molecule has 3 aromatic rings. The highest BCUT2D eigenvalue weighted by molar-refractivity contribution is 9.10. The maximum atomic E-state index is 13.6. The third kappa shape index (κ3) is 1.94. The monoisotopic (exact) mass is 332 g/mol. The fraction of sp³-hybridized carbons (Fsp3) is 0.0667. The second-order valence-electron chi connectivity index (χ2n) is 4.44. The zero-order valence-corrected chi connectivity index (χ0v) is 12.2. The molecule has 0 amide bonds. The van der Waals surface area contributed by atoms with Crippen molar-refractivity contribution in [3.63, 3.8) is 0 Å². The zero-order chi connectivity index (χ0) is 14.3. The van der Waals surface area contributed by atoms with Gasteiger partial charge in [0.15, 0.2) is 0 Å². The van der Waals surface area contributed by atoms with E-state index in [0.29, 0.717) is 0 Å².